The molecule has 0 saturated carbocycles. The van der Waals surface area contributed by atoms with Crippen molar-refractivity contribution in [3.8, 4) is 5.75 Å². The third-order valence-electron chi connectivity index (χ3n) is 7.00. The van der Waals surface area contributed by atoms with Crippen LogP contribution in [0.25, 0.3) is 0 Å². The van der Waals surface area contributed by atoms with Crippen LogP contribution in [0.15, 0.2) is 48.5 Å². The number of piperidine rings is 2. The third kappa shape index (κ3) is 4.85. The lowest BCUT2D eigenvalue weighted by Gasteiger charge is -2.38. The summed E-state index contributed by atoms with van der Waals surface area (Å²) >= 11 is 0. The molecule has 3 aliphatic rings. The standard InChI is InChI=1S/C27H33N3O3/c31-26(28-14-5-1-6-15-28)22-11-9-10-21(18-22)19-30-20-25(27(32)29-16-7-2-8-17-29)33-24-13-4-3-12-23(24)30/h3-4,9-13,18,25H,1-2,5-8,14-17,19-20H2. The predicted octanol–water partition coefficient (Wildman–Crippen LogP) is 4.09. The minimum Gasteiger partial charge on any atom is -0.477 e. The Morgan fingerprint density at radius 2 is 1.52 bits per heavy atom. The first kappa shape index (κ1) is 21.8. The summed E-state index contributed by atoms with van der Waals surface area (Å²) in [5.41, 5.74) is 2.81. The van der Waals surface area contributed by atoms with E-state index in [4.69, 9.17) is 4.74 Å². The molecule has 3 aliphatic heterocycles. The maximum Gasteiger partial charge on any atom is 0.265 e. The van der Waals surface area contributed by atoms with E-state index in [1.807, 2.05) is 52.3 Å². The molecule has 0 N–H and O–H groups in total. The first-order chi connectivity index (χ1) is 16.2. The highest BCUT2D eigenvalue weighted by molar-refractivity contribution is 5.94. The summed E-state index contributed by atoms with van der Waals surface area (Å²) in [6, 6.07) is 15.9. The molecule has 5 rings (SSSR count). The number of likely N-dealkylation sites (tertiary alicyclic amines) is 2. The number of ether oxygens (including phenoxy) is 1. The van der Waals surface area contributed by atoms with E-state index in [1.54, 1.807) is 0 Å². The average Bonchev–Trinajstić information content (AvgIpc) is 2.89. The quantitative estimate of drug-likeness (QED) is 0.708. The van der Waals surface area contributed by atoms with Gasteiger partial charge in [-0.3, -0.25) is 9.59 Å². The molecule has 0 radical (unpaired) electrons. The van der Waals surface area contributed by atoms with Crippen molar-refractivity contribution in [2.24, 2.45) is 0 Å². The minimum atomic E-state index is -0.504. The predicted molar refractivity (Wildman–Crippen MR) is 129 cm³/mol. The maximum atomic E-state index is 13.2. The fraction of sp³-hybridized carbons (Fsp3) is 0.481. The lowest BCUT2D eigenvalue weighted by atomic mass is 10.1. The van der Waals surface area contributed by atoms with Crippen molar-refractivity contribution >= 4 is 17.5 Å². The number of rotatable bonds is 4. The van der Waals surface area contributed by atoms with E-state index < -0.39 is 6.10 Å². The molecule has 174 valence electrons. The molecule has 0 aliphatic carbocycles. The number of para-hydroxylation sites is 2. The number of nitrogens with zero attached hydrogens (tertiary/aromatic N) is 3. The number of anilines is 1. The van der Waals surface area contributed by atoms with Gasteiger partial charge in [-0.25, -0.2) is 0 Å². The topological polar surface area (TPSA) is 53.1 Å². The largest absolute Gasteiger partial charge is 0.477 e. The van der Waals surface area contributed by atoms with Crippen molar-refractivity contribution in [1.29, 1.82) is 0 Å². The number of carbonyl (C=O) groups is 2. The fourth-order valence-corrected chi connectivity index (χ4v) is 5.21. The van der Waals surface area contributed by atoms with E-state index in [9.17, 15) is 9.59 Å². The molecule has 2 saturated heterocycles. The molecule has 0 spiro atoms. The van der Waals surface area contributed by atoms with Crippen LogP contribution in [-0.4, -0.2) is 60.4 Å². The van der Waals surface area contributed by atoms with Crippen LogP contribution in [0.5, 0.6) is 5.75 Å². The average molecular weight is 448 g/mol. The first-order valence-corrected chi connectivity index (χ1v) is 12.4. The van der Waals surface area contributed by atoms with E-state index in [1.165, 1.54) is 12.8 Å². The second-order valence-electron chi connectivity index (χ2n) is 9.39. The summed E-state index contributed by atoms with van der Waals surface area (Å²) in [5.74, 6) is 0.958. The molecular formula is C27H33N3O3. The van der Waals surface area contributed by atoms with Crippen LogP contribution in [0, 0.1) is 0 Å². The van der Waals surface area contributed by atoms with Crippen LogP contribution in [-0.2, 0) is 11.3 Å². The van der Waals surface area contributed by atoms with Crippen molar-refractivity contribution in [2.45, 2.75) is 51.2 Å². The second-order valence-corrected chi connectivity index (χ2v) is 9.39. The Hall–Kier alpha value is -3.02. The Bertz CT molecular complexity index is 996. The Morgan fingerprint density at radius 1 is 0.818 bits per heavy atom. The normalized spacial score (nSPS) is 20.7. The van der Waals surface area contributed by atoms with Gasteiger partial charge in [0.25, 0.3) is 11.8 Å². The fourth-order valence-electron chi connectivity index (χ4n) is 5.21. The summed E-state index contributed by atoms with van der Waals surface area (Å²) in [4.78, 5) is 32.4. The van der Waals surface area contributed by atoms with Crippen molar-refractivity contribution in [2.75, 3.05) is 37.6 Å². The molecule has 2 fully saturated rings. The zero-order valence-corrected chi connectivity index (χ0v) is 19.2. The van der Waals surface area contributed by atoms with Gasteiger partial charge in [-0.1, -0.05) is 24.3 Å². The van der Waals surface area contributed by atoms with Gasteiger partial charge in [-0.15, -0.1) is 0 Å². The summed E-state index contributed by atoms with van der Waals surface area (Å²) < 4.78 is 6.16. The Balaban J connectivity index is 1.34. The van der Waals surface area contributed by atoms with Crippen molar-refractivity contribution < 1.29 is 14.3 Å². The number of fused-ring (bicyclic) bond motifs is 1. The SMILES string of the molecule is O=C(c1cccc(CN2CC(C(=O)N3CCCCC3)Oc3ccccc32)c1)N1CCCCC1. The summed E-state index contributed by atoms with van der Waals surface area (Å²) in [6.45, 7) is 4.48. The molecule has 2 amide bonds. The highest BCUT2D eigenvalue weighted by Crippen LogP contribution is 2.35. The van der Waals surface area contributed by atoms with Gasteiger partial charge in [0.15, 0.2) is 6.10 Å². The van der Waals surface area contributed by atoms with Crippen LogP contribution < -0.4 is 9.64 Å². The molecule has 0 bridgehead atoms. The van der Waals surface area contributed by atoms with E-state index in [-0.39, 0.29) is 11.8 Å². The zero-order chi connectivity index (χ0) is 22.6. The molecule has 1 unspecified atom stereocenters. The smallest absolute Gasteiger partial charge is 0.265 e. The maximum absolute atomic E-state index is 13.2. The number of amides is 2. The minimum absolute atomic E-state index is 0.0863. The van der Waals surface area contributed by atoms with Crippen LogP contribution in [0.3, 0.4) is 0 Å². The van der Waals surface area contributed by atoms with E-state index in [2.05, 4.69) is 11.0 Å². The van der Waals surface area contributed by atoms with Gasteiger partial charge in [-0.05, 0) is 68.4 Å². The molecule has 3 heterocycles. The monoisotopic (exact) mass is 447 g/mol. The van der Waals surface area contributed by atoms with Gasteiger partial charge in [-0.2, -0.15) is 0 Å². The molecular weight excluding hydrogens is 414 g/mol. The highest BCUT2D eigenvalue weighted by Gasteiger charge is 2.34. The van der Waals surface area contributed by atoms with Crippen LogP contribution >= 0.6 is 0 Å². The van der Waals surface area contributed by atoms with Gasteiger partial charge in [0, 0.05) is 38.3 Å². The van der Waals surface area contributed by atoms with Gasteiger partial charge in [0.2, 0.25) is 0 Å². The summed E-state index contributed by atoms with van der Waals surface area (Å²) in [5, 5.41) is 0. The van der Waals surface area contributed by atoms with Gasteiger partial charge in [0.1, 0.15) is 5.75 Å². The number of hydrogen-bond donors (Lipinski definition) is 0. The zero-order valence-electron chi connectivity index (χ0n) is 19.2. The van der Waals surface area contributed by atoms with Crippen LogP contribution in [0.2, 0.25) is 0 Å². The molecule has 1 atom stereocenters. The highest BCUT2D eigenvalue weighted by atomic mass is 16.5. The Morgan fingerprint density at radius 3 is 2.27 bits per heavy atom. The molecule has 6 nitrogen and oxygen atoms in total. The lowest BCUT2D eigenvalue weighted by Crippen LogP contribution is -2.51. The molecule has 2 aromatic rings. The van der Waals surface area contributed by atoms with E-state index in [0.717, 1.165) is 74.4 Å². The molecule has 33 heavy (non-hydrogen) atoms. The van der Waals surface area contributed by atoms with Crippen LogP contribution in [0.1, 0.15) is 54.4 Å². The van der Waals surface area contributed by atoms with Gasteiger partial charge >= 0.3 is 0 Å². The third-order valence-corrected chi connectivity index (χ3v) is 7.00. The second kappa shape index (κ2) is 9.86. The van der Waals surface area contributed by atoms with E-state index >= 15 is 0 Å². The van der Waals surface area contributed by atoms with E-state index in [0.29, 0.717) is 13.1 Å². The number of benzene rings is 2. The molecule has 6 heteroatoms. The van der Waals surface area contributed by atoms with Gasteiger partial charge < -0.3 is 19.4 Å². The van der Waals surface area contributed by atoms with Crippen molar-refractivity contribution in [3.63, 3.8) is 0 Å². The van der Waals surface area contributed by atoms with Crippen LogP contribution in [0.4, 0.5) is 5.69 Å². The Kier molecular flexibility index (Phi) is 6.51. The van der Waals surface area contributed by atoms with Gasteiger partial charge in [0.05, 0.1) is 12.2 Å². The van der Waals surface area contributed by atoms with Crippen molar-refractivity contribution in [1.82, 2.24) is 9.80 Å². The lowest BCUT2D eigenvalue weighted by molar-refractivity contribution is -0.139. The molecule has 2 aromatic carbocycles. The first-order valence-electron chi connectivity index (χ1n) is 12.4. The molecule has 0 aromatic heterocycles. The summed E-state index contributed by atoms with van der Waals surface area (Å²) in [6.07, 6.45) is 6.20. The Labute approximate surface area is 196 Å². The number of hydrogen-bond acceptors (Lipinski definition) is 4. The number of carbonyl (C=O) groups excluding carboxylic acids is 2. The van der Waals surface area contributed by atoms with Crippen molar-refractivity contribution in [3.05, 3.63) is 59.7 Å². The summed E-state index contributed by atoms with van der Waals surface area (Å²) in [7, 11) is 0.